The van der Waals surface area contributed by atoms with Crippen LogP contribution in [0, 0.1) is 5.41 Å². The van der Waals surface area contributed by atoms with Crippen molar-refractivity contribution >= 4 is 0 Å². The van der Waals surface area contributed by atoms with E-state index in [0.29, 0.717) is 5.41 Å². The van der Waals surface area contributed by atoms with Crippen LogP contribution in [0.1, 0.15) is 57.8 Å². The molecule has 0 unspecified atom stereocenters. The molecule has 3 fully saturated rings. The van der Waals surface area contributed by atoms with Gasteiger partial charge >= 0.3 is 0 Å². The Balaban J connectivity index is 1.63. The largest absolute Gasteiger partial charge is 0.348 e. The molecule has 1 saturated heterocycles. The Bertz CT molecular complexity index is 213. The average Bonchev–Trinajstić information content (AvgIpc) is 2.74. The molecule has 86 valence electrons. The van der Waals surface area contributed by atoms with Gasteiger partial charge in [0, 0.05) is 12.8 Å². The van der Waals surface area contributed by atoms with Crippen molar-refractivity contribution < 1.29 is 9.47 Å². The number of ether oxygens (including phenoxy) is 2. The summed E-state index contributed by atoms with van der Waals surface area (Å²) in [5.41, 5.74) is 0.679. The zero-order chi connectivity index (χ0) is 10.2. The normalized spacial score (nSPS) is 33.6. The zero-order valence-electron chi connectivity index (χ0n) is 9.59. The van der Waals surface area contributed by atoms with Gasteiger partial charge < -0.3 is 9.47 Å². The predicted molar refractivity (Wildman–Crippen MR) is 58.6 cm³/mol. The molecule has 1 heterocycles. The summed E-state index contributed by atoms with van der Waals surface area (Å²) >= 11 is 0. The Morgan fingerprint density at radius 2 is 1.20 bits per heavy atom. The Morgan fingerprint density at radius 1 is 0.600 bits per heavy atom. The van der Waals surface area contributed by atoms with Crippen LogP contribution < -0.4 is 0 Å². The standard InChI is InChI=1S/C13H22O2/c1-2-4-12(5-3-1)6-8-13(9-7-12)14-10-11-15-13/h1-11H2. The van der Waals surface area contributed by atoms with Crippen LogP contribution in [0.5, 0.6) is 0 Å². The van der Waals surface area contributed by atoms with Crippen LogP contribution in [0.3, 0.4) is 0 Å². The minimum absolute atomic E-state index is 0.150. The fourth-order valence-electron chi connectivity index (χ4n) is 3.75. The lowest BCUT2D eigenvalue weighted by molar-refractivity contribution is -0.194. The lowest BCUT2D eigenvalue weighted by Crippen LogP contribution is -2.40. The molecular weight excluding hydrogens is 188 g/mol. The minimum Gasteiger partial charge on any atom is -0.348 e. The smallest absolute Gasteiger partial charge is 0.168 e. The van der Waals surface area contributed by atoms with Gasteiger partial charge in [-0.05, 0) is 31.1 Å². The van der Waals surface area contributed by atoms with Gasteiger partial charge in [0.15, 0.2) is 5.79 Å². The second-order valence-corrected chi connectivity index (χ2v) is 5.67. The van der Waals surface area contributed by atoms with Crippen molar-refractivity contribution in [3.63, 3.8) is 0 Å². The monoisotopic (exact) mass is 210 g/mol. The molecule has 0 N–H and O–H groups in total. The average molecular weight is 210 g/mol. The van der Waals surface area contributed by atoms with Gasteiger partial charge in [0.1, 0.15) is 0 Å². The maximum atomic E-state index is 5.79. The second kappa shape index (κ2) is 3.74. The van der Waals surface area contributed by atoms with Crippen LogP contribution in [-0.2, 0) is 9.47 Å². The number of hydrogen-bond acceptors (Lipinski definition) is 2. The van der Waals surface area contributed by atoms with Crippen molar-refractivity contribution in [1.82, 2.24) is 0 Å². The summed E-state index contributed by atoms with van der Waals surface area (Å²) in [6, 6.07) is 0. The number of rotatable bonds is 0. The van der Waals surface area contributed by atoms with E-state index in [1.54, 1.807) is 0 Å². The molecule has 2 heteroatoms. The fraction of sp³-hybridized carbons (Fsp3) is 1.00. The summed E-state index contributed by atoms with van der Waals surface area (Å²) in [6.45, 7) is 1.62. The molecule has 2 spiro atoms. The lowest BCUT2D eigenvalue weighted by Gasteiger charge is -2.45. The molecule has 2 nitrogen and oxygen atoms in total. The van der Waals surface area contributed by atoms with E-state index in [4.69, 9.17) is 9.47 Å². The van der Waals surface area contributed by atoms with Gasteiger partial charge in [-0.2, -0.15) is 0 Å². The first kappa shape index (κ1) is 10.1. The Labute approximate surface area is 92.3 Å². The Morgan fingerprint density at radius 3 is 1.80 bits per heavy atom. The first-order valence-electron chi connectivity index (χ1n) is 6.61. The summed E-state index contributed by atoms with van der Waals surface area (Å²) in [5, 5.41) is 0. The van der Waals surface area contributed by atoms with E-state index in [9.17, 15) is 0 Å². The molecule has 0 atom stereocenters. The summed E-state index contributed by atoms with van der Waals surface area (Å²) in [7, 11) is 0. The van der Waals surface area contributed by atoms with Crippen LogP contribution >= 0.6 is 0 Å². The molecule has 0 aromatic heterocycles. The summed E-state index contributed by atoms with van der Waals surface area (Å²) in [6.07, 6.45) is 12.3. The second-order valence-electron chi connectivity index (χ2n) is 5.67. The number of hydrogen-bond donors (Lipinski definition) is 0. The topological polar surface area (TPSA) is 18.5 Å². The third kappa shape index (κ3) is 1.83. The fourth-order valence-corrected chi connectivity index (χ4v) is 3.75. The highest BCUT2D eigenvalue weighted by Crippen LogP contribution is 2.51. The van der Waals surface area contributed by atoms with E-state index in [1.807, 2.05) is 0 Å². The van der Waals surface area contributed by atoms with Crippen molar-refractivity contribution in [1.29, 1.82) is 0 Å². The van der Waals surface area contributed by atoms with Gasteiger partial charge in [-0.15, -0.1) is 0 Å². The van der Waals surface area contributed by atoms with E-state index in [-0.39, 0.29) is 5.79 Å². The molecule has 0 bridgehead atoms. The third-order valence-corrected chi connectivity index (χ3v) is 4.80. The van der Waals surface area contributed by atoms with Crippen LogP contribution in [0.25, 0.3) is 0 Å². The SMILES string of the molecule is C1CCC2(CC1)CCC1(CC2)OCCO1. The van der Waals surface area contributed by atoms with Crippen molar-refractivity contribution in [2.45, 2.75) is 63.6 Å². The molecule has 0 aromatic carbocycles. The van der Waals surface area contributed by atoms with E-state index in [2.05, 4.69) is 0 Å². The summed E-state index contributed by atoms with van der Waals surface area (Å²) in [4.78, 5) is 0. The van der Waals surface area contributed by atoms with Crippen molar-refractivity contribution in [3.8, 4) is 0 Å². The van der Waals surface area contributed by atoms with Crippen LogP contribution in [0.4, 0.5) is 0 Å². The van der Waals surface area contributed by atoms with Crippen LogP contribution in [-0.4, -0.2) is 19.0 Å². The minimum atomic E-state index is -0.150. The highest BCUT2D eigenvalue weighted by atomic mass is 16.7. The predicted octanol–water partition coefficient (Wildman–Crippen LogP) is 3.25. The van der Waals surface area contributed by atoms with Crippen molar-refractivity contribution in [3.05, 3.63) is 0 Å². The van der Waals surface area contributed by atoms with E-state index >= 15 is 0 Å². The molecule has 1 aliphatic heterocycles. The lowest BCUT2D eigenvalue weighted by atomic mass is 9.64. The van der Waals surface area contributed by atoms with Crippen molar-refractivity contribution in [2.75, 3.05) is 13.2 Å². The van der Waals surface area contributed by atoms with Gasteiger partial charge in [-0.3, -0.25) is 0 Å². The van der Waals surface area contributed by atoms with Gasteiger partial charge in [0.2, 0.25) is 0 Å². The van der Waals surface area contributed by atoms with Gasteiger partial charge in [0.05, 0.1) is 13.2 Å². The first-order valence-corrected chi connectivity index (χ1v) is 6.61. The van der Waals surface area contributed by atoms with Crippen LogP contribution in [0.2, 0.25) is 0 Å². The Hall–Kier alpha value is -0.0800. The van der Waals surface area contributed by atoms with E-state index < -0.39 is 0 Å². The third-order valence-electron chi connectivity index (χ3n) is 4.80. The Kier molecular flexibility index (Phi) is 2.52. The van der Waals surface area contributed by atoms with Crippen molar-refractivity contribution in [2.24, 2.45) is 5.41 Å². The van der Waals surface area contributed by atoms with E-state index in [1.165, 1.54) is 44.9 Å². The summed E-state index contributed by atoms with van der Waals surface area (Å²) < 4.78 is 11.6. The molecule has 2 saturated carbocycles. The highest BCUT2D eigenvalue weighted by molar-refractivity contribution is 4.92. The summed E-state index contributed by atoms with van der Waals surface area (Å²) in [5.74, 6) is -0.150. The maximum Gasteiger partial charge on any atom is 0.168 e. The molecule has 15 heavy (non-hydrogen) atoms. The molecule has 3 aliphatic rings. The van der Waals surface area contributed by atoms with E-state index in [0.717, 1.165) is 26.1 Å². The van der Waals surface area contributed by atoms with Gasteiger partial charge in [-0.25, -0.2) is 0 Å². The van der Waals surface area contributed by atoms with Gasteiger partial charge in [0.25, 0.3) is 0 Å². The molecule has 0 radical (unpaired) electrons. The van der Waals surface area contributed by atoms with Crippen LogP contribution in [0.15, 0.2) is 0 Å². The quantitative estimate of drug-likeness (QED) is 0.611. The molecule has 3 rings (SSSR count). The molecule has 0 amide bonds. The molecule has 0 aromatic rings. The molecular formula is C13H22O2. The highest BCUT2D eigenvalue weighted by Gasteiger charge is 2.46. The van der Waals surface area contributed by atoms with Gasteiger partial charge in [-0.1, -0.05) is 19.3 Å². The first-order chi connectivity index (χ1) is 7.33. The maximum absolute atomic E-state index is 5.79. The zero-order valence-corrected chi connectivity index (χ0v) is 9.59. The molecule has 2 aliphatic carbocycles.